The molecule has 3 N–H and O–H groups in total. The standard InChI is InChI=1S/C6H9ClN4/c7-5-3-9-4-6(11-5)10-2-1-8/h3-4H,1-2,8H2,(H,10,11). The van der Waals surface area contributed by atoms with Crippen molar-refractivity contribution in [3.8, 4) is 0 Å². The van der Waals surface area contributed by atoms with E-state index in [1.165, 1.54) is 6.20 Å². The summed E-state index contributed by atoms with van der Waals surface area (Å²) in [4.78, 5) is 7.79. The Bertz CT molecular complexity index is 228. The summed E-state index contributed by atoms with van der Waals surface area (Å²) in [7, 11) is 0. The van der Waals surface area contributed by atoms with Gasteiger partial charge in [-0.1, -0.05) is 11.6 Å². The van der Waals surface area contributed by atoms with Crippen LogP contribution in [0, 0.1) is 0 Å². The van der Waals surface area contributed by atoms with Gasteiger partial charge in [-0.2, -0.15) is 0 Å². The summed E-state index contributed by atoms with van der Waals surface area (Å²) in [6.07, 6.45) is 3.08. The molecule has 0 radical (unpaired) electrons. The Hall–Kier alpha value is -0.870. The summed E-state index contributed by atoms with van der Waals surface area (Å²) in [6.45, 7) is 1.24. The van der Waals surface area contributed by atoms with Crippen LogP contribution in [0.4, 0.5) is 5.82 Å². The van der Waals surface area contributed by atoms with Gasteiger partial charge < -0.3 is 11.1 Å². The van der Waals surface area contributed by atoms with Gasteiger partial charge in [0.2, 0.25) is 0 Å². The van der Waals surface area contributed by atoms with Gasteiger partial charge in [-0.3, -0.25) is 4.98 Å². The van der Waals surface area contributed by atoms with Gasteiger partial charge in [-0.05, 0) is 0 Å². The van der Waals surface area contributed by atoms with Gasteiger partial charge in [-0.15, -0.1) is 0 Å². The fourth-order valence-electron chi connectivity index (χ4n) is 0.628. The highest BCUT2D eigenvalue weighted by atomic mass is 35.5. The average Bonchev–Trinajstić information content (AvgIpc) is 2.01. The first kappa shape index (κ1) is 8.23. The number of anilines is 1. The highest BCUT2D eigenvalue weighted by molar-refractivity contribution is 6.29. The third-order valence-electron chi connectivity index (χ3n) is 1.06. The molecular formula is C6H9ClN4. The van der Waals surface area contributed by atoms with Crippen LogP contribution in [-0.4, -0.2) is 23.1 Å². The van der Waals surface area contributed by atoms with Crippen LogP contribution in [0.2, 0.25) is 5.15 Å². The molecule has 1 aromatic heterocycles. The van der Waals surface area contributed by atoms with E-state index >= 15 is 0 Å². The van der Waals surface area contributed by atoms with Gasteiger partial charge in [0.15, 0.2) is 0 Å². The minimum atomic E-state index is 0.382. The fourth-order valence-corrected chi connectivity index (χ4v) is 0.775. The second kappa shape index (κ2) is 4.10. The molecular weight excluding hydrogens is 164 g/mol. The van der Waals surface area contributed by atoms with Gasteiger partial charge >= 0.3 is 0 Å². The number of hydrogen-bond acceptors (Lipinski definition) is 4. The molecule has 0 fully saturated rings. The SMILES string of the molecule is NCCNc1cncc(Cl)n1. The van der Waals surface area contributed by atoms with Crippen molar-refractivity contribution in [1.29, 1.82) is 0 Å². The first-order valence-electron chi connectivity index (χ1n) is 3.24. The van der Waals surface area contributed by atoms with E-state index in [0.29, 0.717) is 24.1 Å². The smallest absolute Gasteiger partial charge is 0.149 e. The van der Waals surface area contributed by atoms with Crippen molar-refractivity contribution in [1.82, 2.24) is 9.97 Å². The summed E-state index contributed by atoms with van der Waals surface area (Å²) in [6, 6.07) is 0. The number of nitrogens with two attached hydrogens (primary N) is 1. The molecule has 0 atom stereocenters. The number of nitrogens with one attached hydrogen (secondary N) is 1. The fraction of sp³-hybridized carbons (Fsp3) is 0.333. The van der Waals surface area contributed by atoms with Crippen molar-refractivity contribution >= 4 is 17.4 Å². The molecule has 0 aromatic carbocycles. The molecule has 60 valence electrons. The Morgan fingerprint density at radius 2 is 2.36 bits per heavy atom. The lowest BCUT2D eigenvalue weighted by atomic mass is 10.6. The molecule has 1 heterocycles. The first-order chi connectivity index (χ1) is 5.33. The van der Waals surface area contributed by atoms with Gasteiger partial charge in [0.25, 0.3) is 0 Å². The molecule has 0 aliphatic heterocycles. The van der Waals surface area contributed by atoms with Crippen LogP contribution < -0.4 is 11.1 Å². The molecule has 1 rings (SSSR count). The Morgan fingerprint density at radius 1 is 1.55 bits per heavy atom. The van der Waals surface area contributed by atoms with Crippen LogP contribution in [0.3, 0.4) is 0 Å². The van der Waals surface area contributed by atoms with Gasteiger partial charge in [0, 0.05) is 13.1 Å². The van der Waals surface area contributed by atoms with Gasteiger partial charge in [0.05, 0.1) is 12.4 Å². The molecule has 4 nitrogen and oxygen atoms in total. The topological polar surface area (TPSA) is 63.8 Å². The van der Waals surface area contributed by atoms with Crippen molar-refractivity contribution in [2.45, 2.75) is 0 Å². The lowest BCUT2D eigenvalue weighted by Crippen LogP contribution is -2.13. The number of hydrogen-bond donors (Lipinski definition) is 2. The predicted molar refractivity (Wildman–Crippen MR) is 44.6 cm³/mol. The average molecular weight is 173 g/mol. The highest BCUT2D eigenvalue weighted by Gasteiger charge is 1.92. The lowest BCUT2D eigenvalue weighted by molar-refractivity contribution is 1.00. The van der Waals surface area contributed by atoms with Crippen LogP contribution in [-0.2, 0) is 0 Å². The van der Waals surface area contributed by atoms with Crippen LogP contribution in [0.25, 0.3) is 0 Å². The summed E-state index contributed by atoms with van der Waals surface area (Å²) in [5.74, 6) is 0.656. The molecule has 0 saturated carbocycles. The quantitative estimate of drug-likeness (QED) is 0.697. The molecule has 0 aliphatic carbocycles. The van der Waals surface area contributed by atoms with Crippen molar-refractivity contribution < 1.29 is 0 Å². The summed E-state index contributed by atoms with van der Waals surface area (Å²) in [5, 5.41) is 3.33. The molecule has 0 aliphatic rings. The second-order valence-corrected chi connectivity index (χ2v) is 2.33. The number of halogens is 1. The van der Waals surface area contributed by atoms with Crippen LogP contribution in [0.1, 0.15) is 0 Å². The molecule has 0 unspecified atom stereocenters. The van der Waals surface area contributed by atoms with Crippen LogP contribution in [0.5, 0.6) is 0 Å². The molecule has 0 spiro atoms. The van der Waals surface area contributed by atoms with E-state index in [9.17, 15) is 0 Å². The van der Waals surface area contributed by atoms with Gasteiger partial charge in [0.1, 0.15) is 11.0 Å². The van der Waals surface area contributed by atoms with E-state index in [-0.39, 0.29) is 0 Å². The highest BCUT2D eigenvalue weighted by Crippen LogP contribution is 2.05. The maximum Gasteiger partial charge on any atom is 0.149 e. The number of rotatable bonds is 3. The molecule has 11 heavy (non-hydrogen) atoms. The maximum atomic E-state index is 5.58. The Labute approximate surface area is 69.8 Å². The van der Waals surface area contributed by atoms with E-state index in [4.69, 9.17) is 17.3 Å². The molecule has 0 saturated heterocycles. The summed E-state index contributed by atoms with van der Waals surface area (Å²) < 4.78 is 0. The van der Waals surface area contributed by atoms with E-state index < -0.39 is 0 Å². The van der Waals surface area contributed by atoms with E-state index in [0.717, 1.165) is 0 Å². The molecule has 1 aromatic rings. The summed E-state index contributed by atoms with van der Waals surface area (Å²) in [5.41, 5.74) is 5.27. The van der Waals surface area contributed by atoms with Crippen molar-refractivity contribution in [3.05, 3.63) is 17.5 Å². The van der Waals surface area contributed by atoms with E-state index in [1.54, 1.807) is 6.20 Å². The summed E-state index contributed by atoms with van der Waals surface area (Å²) >= 11 is 5.58. The number of aromatic nitrogens is 2. The Morgan fingerprint density at radius 3 is 3.00 bits per heavy atom. The minimum Gasteiger partial charge on any atom is -0.367 e. The maximum absolute atomic E-state index is 5.58. The molecule has 5 heteroatoms. The van der Waals surface area contributed by atoms with Crippen molar-refractivity contribution in [3.63, 3.8) is 0 Å². The lowest BCUT2D eigenvalue weighted by Gasteiger charge is -2.01. The normalized spacial score (nSPS) is 9.64. The largest absolute Gasteiger partial charge is 0.367 e. The minimum absolute atomic E-state index is 0.382. The Kier molecular flexibility index (Phi) is 3.07. The zero-order chi connectivity index (χ0) is 8.10. The molecule has 0 amide bonds. The third-order valence-corrected chi connectivity index (χ3v) is 1.24. The zero-order valence-electron chi connectivity index (χ0n) is 5.92. The van der Waals surface area contributed by atoms with Crippen molar-refractivity contribution in [2.75, 3.05) is 18.4 Å². The number of nitrogens with zero attached hydrogens (tertiary/aromatic N) is 2. The van der Waals surface area contributed by atoms with E-state index in [1.807, 2.05) is 0 Å². The Balaban J connectivity index is 2.56. The van der Waals surface area contributed by atoms with Gasteiger partial charge in [-0.25, -0.2) is 4.98 Å². The van der Waals surface area contributed by atoms with Crippen molar-refractivity contribution in [2.24, 2.45) is 5.73 Å². The van der Waals surface area contributed by atoms with Crippen LogP contribution >= 0.6 is 11.6 Å². The third kappa shape index (κ3) is 2.69. The first-order valence-corrected chi connectivity index (χ1v) is 3.62. The van der Waals surface area contributed by atoms with Crippen LogP contribution in [0.15, 0.2) is 12.4 Å². The molecule has 0 bridgehead atoms. The second-order valence-electron chi connectivity index (χ2n) is 1.94. The monoisotopic (exact) mass is 172 g/mol. The zero-order valence-corrected chi connectivity index (χ0v) is 6.67. The predicted octanol–water partition coefficient (Wildman–Crippen LogP) is 0.501. The van der Waals surface area contributed by atoms with E-state index in [2.05, 4.69) is 15.3 Å².